The highest BCUT2D eigenvalue weighted by Gasteiger charge is 1.93. The lowest BCUT2D eigenvalue weighted by atomic mass is 10.1. The van der Waals surface area contributed by atoms with E-state index in [-0.39, 0.29) is 6.42 Å². The molecule has 0 amide bonds. The molecule has 0 aliphatic carbocycles. The first-order valence-corrected chi connectivity index (χ1v) is 8.79. The Morgan fingerprint density at radius 3 is 1.62 bits per heavy atom. The number of carbonyl (C=O) groups is 1. The van der Waals surface area contributed by atoms with Crippen molar-refractivity contribution >= 4 is 5.97 Å². The average molecular weight is 294 g/mol. The molecule has 0 saturated carbocycles. The first-order valence-electron chi connectivity index (χ1n) is 8.79. The van der Waals surface area contributed by atoms with Crippen molar-refractivity contribution in [1.82, 2.24) is 0 Å². The Morgan fingerprint density at radius 2 is 1.14 bits per heavy atom. The highest BCUT2D eigenvalue weighted by atomic mass is 16.4. The van der Waals surface area contributed by atoms with Gasteiger partial charge in [0.15, 0.2) is 0 Å². The molecule has 0 aromatic heterocycles. The summed E-state index contributed by atoms with van der Waals surface area (Å²) in [5.74, 6) is -0.694. The summed E-state index contributed by atoms with van der Waals surface area (Å²) in [7, 11) is 0. The minimum Gasteiger partial charge on any atom is -0.481 e. The summed E-state index contributed by atoms with van der Waals surface area (Å²) >= 11 is 0. The van der Waals surface area contributed by atoms with Crippen LogP contribution in [0, 0.1) is 0 Å². The zero-order chi connectivity index (χ0) is 15.6. The SMILES string of the molecule is CCCCCCCC=CCCCCC=CCCCC(=O)O. The van der Waals surface area contributed by atoms with Gasteiger partial charge in [-0.1, -0.05) is 56.9 Å². The maximum atomic E-state index is 10.3. The van der Waals surface area contributed by atoms with Gasteiger partial charge in [-0.3, -0.25) is 4.79 Å². The molecule has 2 nitrogen and oxygen atoms in total. The largest absolute Gasteiger partial charge is 0.481 e. The van der Waals surface area contributed by atoms with Crippen molar-refractivity contribution in [2.75, 3.05) is 0 Å². The number of allylic oxidation sites excluding steroid dienone is 4. The van der Waals surface area contributed by atoms with E-state index in [4.69, 9.17) is 5.11 Å². The average Bonchev–Trinajstić information content (AvgIpc) is 2.46. The lowest BCUT2D eigenvalue weighted by Crippen LogP contribution is -1.92. The molecular weight excluding hydrogens is 260 g/mol. The molecule has 0 saturated heterocycles. The van der Waals surface area contributed by atoms with E-state index in [9.17, 15) is 4.79 Å². The minimum absolute atomic E-state index is 0.285. The van der Waals surface area contributed by atoms with Crippen molar-refractivity contribution in [2.24, 2.45) is 0 Å². The Hall–Kier alpha value is -1.05. The molecule has 0 atom stereocenters. The van der Waals surface area contributed by atoms with Crippen LogP contribution in [0.5, 0.6) is 0 Å². The quantitative estimate of drug-likeness (QED) is 0.285. The number of carboxylic acids is 1. The van der Waals surface area contributed by atoms with Crippen LogP contribution in [0.3, 0.4) is 0 Å². The Morgan fingerprint density at radius 1 is 0.714 bits per heavy atom. The smallest absolute Gasteiger partial charge is 0.303 e. The summed E-state index contributed by atoms with van der Waals surface area (Å²) in [4.78, 5) is 10.3. The lowest BCUT2D eigenvalue weighted by Gasteiger charge is -1.96. The van der Waals surface area contributed by atoms with Crippen molar-refractivity contribution in [3.63, 3.8) is 0 Å². The van der Waals surface area contributed by atoms with E-state index < -0.39 is 5.97 Å². The van der Waals surface area contributed by atoms with Gasteiger partial charge in [-0.2, -0.15) is 0 Å². The van der Waals surface area contributed by atoms with Crippen LogP contribution in [0.2, 0.25) is 0 Å². The third-order valence-electron chi connectivity index (χ3n) is 3.56. The molecule has 0 aromatic rings. The summed E-state index contributed by atoms with van der Waals surface area (Å²) in [5, 5.41) is 8.50. The fraction of sp³-hybridized carbons (Fsp3) is 0.737. The zero-order valence-corrected chi connectivity index (χ0v) is 13.9. The summed E-state index contributed by atoms with van der Waals surface area (Å²) in [6.07, 6.45) is 23.8. The molecule has 0 heterocycles. The van der Waals surface area contributed by atoms with Gasteiger partial charge in [-0.15, -0.1) is 0 Å². The van der Waals surface area contributed by atoms with Gasteiger partial charge >= 0.3 is 5.97 Å². The Kier molecular flexibility index (Phi) is 16.2. The van der Waals surface area contributed by atoms with E-state index in [1.165, 1.54) is 57.8 Å². The van der Waals surface area contributed by atoms with Crippen LogP contribution < -0.4 is 0 Å². The predicted octanol–water partition coefficient (Wildman–Crippen LogP) is 6.27. The molecule has 0 fully saturated rings. The second-order valence-corrected chi connectivity index (χ2v) is 5.72. The van der Waals surface area contributed by atoms with Crippen LogP contribution >= 0.6 is 0 Å². The van der Waals surface area contributed by atoms with Gasteiger partial charge in [0.1, 0.15) is 0 Å². The molecule has 0 aromatic carbocycles. The van der Waals surface area contributed by atoms with Gasteiger partial charge in [0.05, 0.1) is 0 Å². The molecular formula is C19H34O2. The summed E-state index contributed by atoms with van der Waals surface area (Å²) in [6.45, 7) is 2.26. The topological polar surface area (TPSA) is 37.3 Å². The highest BCUT2D eigenvalue weighted by Crippen LogP contribution is 2.07. The number of unbranched alkanes of at least 4 members (excludes halogenated alkanes) is 9. The molecule has 0 aliphatic heterocycles. The third kappa shape index (κ3) is 18.9. The highest BCUT2D eigenvalue weighted by molar-refractivity contribution is 5.66. The van der Waals surface area contributed by atoms with Crippen LogP contribution in [-0.2, 0) is 4.79 Å². The first kappa shape index (κ1) is 19.9. The zero-order valence-electron chi connectivity index (χ0n) is 13.9. The van der Waals surface area contributed by atoms with Gasteiger partial charge in [0.25, 0.3) is 0 Å². The fourth-order valence-electron chi connectivity index (χ4n) is 2.23. The molecule has 0 bridgehead atoms. The second-order valence-electron chi connectivity index (χ2n) is 5.72. The van der Waals surface area contributed by atoms with Gasteiger partial charge in [-0.05, 0) is 51.4 Å². The van der Waals surface area contributed by atoms with E-state index in [0.29, 0.717) is 0 Å². The summed E-state index contributed by atoms with van der Waals surface area (Å²) < 4.78 is 0. The van der Waals surface area contributed by atoms with Crippen LogP contribution in [0.1, 0.15) is 90.4 Å². The first-order chi connectivity index (χ1) is 10.3. The number of aliphatic carboxylic acids is 1. The normalized spacial score (nSPS) is 11.7. The molecule has 0 radical (unpaired) electrons. The van der Waals surface area contributed by atoms with Crippen LogP contribution in [0.4, 0.5) is 0 Å². The van der Waals surface area contributed by atoms with E-state index >= 15 is 0 Å². The van der Waals surface area contributed by atoms with Crippen molar-refractivity contribution in [1.29, 1.82) is 0 Å². The predicted molar refractivity (Wildman–Crippen MR) is 91.6 cm³/mol. The maximum Gasteiger partial charge on any atom is 0.303 e. The Bertz CT molecular complexity index is 279. The Labute approximate surface area is 131 Å². The second kappa shape index (κ2) is 17.0. The number of rotatable bonds is 15. The molecule has 0 rings (SSSR count). The molecule has 0 spiro atoms. The van der Waals surface area contributed by atoms with Crippen LogP contribution in [-0.4, -0.2) is 11.1 Å². The van der Waals surface area contributed by atoms with Crippen molar-refractivity contribution < 1.29 is 9.90 Å². The lowest BCUT2D eigenvalue weighted by molar-refractivity contribution is -0.137. The van der Waals surface area contributed by atoms with E-state index in [1.54, 1.807) is 0 Å². The third-order valence-corrected chi connectivity index (χ3v) is 3.56. The van der Waals surface area contributed by atoms with Crippen LogP contribution in [0.15, 0.2) is 24.3 Å². The molecule has 21 heavy (non-hydrogen) atoms. The van der Waals surface area contributed by atoms with E-state index in [0.717, 1.165) is 19.3 Å². The molecule has 0 unspecified atom stereocenters. The monoisotopic (exact) mass is 294 g/mol. The number of hydrogen-bond acceptors (Lipinski definition) is 1. The maximum absolute atomic E-state index is 10.3. The summed E-state index contributed by atoms with van der Waals surface area (Å²) in [5.41, 5.74) is 0. The van der Waals surface area contributed by atoms with E-state index in [2.05, 4.69) is 31.2 Å². The van der Waals surface area contributed by atoms with Crippen LogP contribution in [0.25, 0.3) is 0 Å². The van der Waals surface area contributed by atoms with Gasteiger partial charge in [0, 0.05) is 6.42 Å². The molecule has 122 valence electrons. The van der Waals surface area contributed by atoms with Gasteiger partial charge in [0.2, 0.25) is 0 Å². The van der Waals surface area contributed by atoms with Crippen molar-refractivity contribution in [2.45, 2.75) is 90.4 Å². The van der Waals surface area contributed by atoms with Gasteiger partial charge < -0.3 is 5.11 Å². The van der Waals surface area contributed by atoms with E-state index in [1.807, 2.05) is 0 Å². The van der Waals surface area contributed by atoms with Crippen molar-refractivity contribution in [3.8, 4) is 0 Å². The molecule has 0 aliphatic rings. The van der Waals surface area contributed by atoms with Crippen molar-refractivity contribution in [3.05, 3.63) is 24.3 Å². The summed E-state index contributed by atoms with van der Waals surface area (Å²) in [6, 6.07) is 0. The fourth-order valence-corrected chi connectivity index (χ4v) is 2.23. The number of carboxylic acid groups (broad SMARTS) is 1. The Balaban J connectivity index is 3.17. The standard InChI is InChI=1S/C19H34O2/c1-2-3-4-5-6-7-8-9-10-11-12-13-14-15-16-17-18-19(20)21/h8-9,14-15H,2-7,10-13,16-18H2,1H3,(H,20,21). The number of hydrogen-bond donors (Lipinski definition) is 1. The molecule has 1 N–H and O–H groups in total. The molecule has 2 heteroatoms. The minimum atomic E-state index is -0.694. The van der Waals surface area contributed by atoms with Gasteiger partial charge in [-0.25, -0.2) is 0 Å².